The predicted octanol–water partition coefficient (Wildman–Crippen LogP) is 2.33. The molecule has 1 aromatic heterocycles. The van der Waals surface area contributed by atoms with Crippen LogP contribution in [0.5, 0.6) is 0 Å². The molecule has 3 saturated heterocycles. The zero-order valence-electron chi connectivity index (χ0n) is 18.6. The van der Waals surface area contributed by atoms with Crippen LogP contribution in [0.25, 0.3) is 0 Å². The lowest BCUT2D eigenvalue weighted by Crippen LogP contribution is -2.47. The van der Waals surface area contributed by atoms with E-state index in [0.717, 1.165) is 57.9 Å². The highest BCUT2D eigenvalue weighted by Crippen LogP contribution is 2.21. The molecule has 7 nitrogen and oxygen atoms in total. The third kappa shape index (κ3) is 5.31. The molecule has 0 aliphatic carbocycles. The summed E-state index contributed by atoms with van der Waals surface area (Å²) in [6.07, 6.45) is 5.39. The molecule has 1 aromatic rings. The first-order valence-corrected chi connectivity index (χ1v) is 11.7. The van der Waals surface area contributed by atoms with Crippen LogP contribution in [0, 0.1) is 0 Å². The number of anilines is 1. The first-order chi connectivity index (χ1) is 14.6. The van der Waals surface area contributed by atoms with E-state index in [4.69, 9.17) is 4.74 Å². The number of ether oxygens (including phenoxy) is 1. The van der Waals surface area contributed by atoms with Crippen LogP contribution in [0.15, 0.2) is 18.2 Å². The normalized spacial score (nSPS) is 24.9. The SMILES string of the molecule is CC(C)N1CCC(N2CCCN(c3cccc(C(=O)N[C@H]4CCCO4)n3)CC2)CC1. The molecule has 0 spiro atoms. The molecule has 0 aromatic carbocycles. The van der Waals surface area contributed by atoms with Crippen molar-refractivity contribution in [3.05, 3.63) is 23.9 Å². The van der Waals surface area contributed by atoms with E-state index in [1.54, 1.807) is 6.07 Å². The highest BCUT2D eigenvalue weighted by atomic mass is 16.5. The minimum Gasteiger partial charge on any atom is -0.359 e. The van der Waals surface area contributed by atoms with Crippen LogP contribution in [-0.2, 0) is 4.74 Å². The minimum atomic E-state index is -0.170. The lowest BCUT2D eigenvalue weighted by atomic mass is 10.0. The number of carbonyl (C=O) groups excluding carboxylic acids is 1. The lowest BCUT2D eigenvalue weighted by molar-refractivity contribution is 0.0636. The Balaban J connectivity index is 1.32. The predicted molar refractivity (Wildman–Crippen MR) is 119 cm³/mol. The summed E-state index contributed by atoms with van der Waals surface area (Å²) in [5, 5.41) is 2.94. The molecule has 1 amide bonds. The minimum absolute atomic E-state index is 0.142. The molecule has 0 saturated carbocycles. The number of likely N-dealkylation sites (tertiary alicyclic amines) is 1. The van der Waals surface area contributed by atoms with Crippen LogP contribution in [0.2, 0.25) is 0 Å². The number of nitrogens with zero attached hydrogens (tertiary/aromatic N) is 4. The van der Waals surface area contributed by atoms with Gasteiger partial charge in [0.15, 0.2) is 0 Å². The van der Waals surface area contributed by atoms with Crippen LogP contribution < -0.4 is 10.2 Å². The molecule has 0 radical (unpaired) electrons. The van der Waals surface area contributed by atoms with Crippen molar-refractivity contribution >= 4 is 11.7 Å². The smallest absolute Gasteiger partial charge is 0.271 e. The summed E-state index contributed by atoms with van der Waals surface area (Å²) in [5.74, 6) is 0.767. The summed E-state index contributed by atoms with van der Waals surface area (Å²) >= 11 is 0. The number of carbonyl (C=O) groups is 1. The summed E-state index contributed by atoms with van der Waals surface area (Å²) < 4.78 is 5.52. The van der Waals surface area contributed by atoms with Gasteiger partial charge in [0.25, 0.3) is 5.91 Å². The van der Waals surface area contributed by atoms with Gasteiger partial charge in [-0.25, -0.2) is 4.98 Å². The molecule has 3 aliphatic rings. The van der Waals surface area contributed by atoms with Gasteiger partial charge in [0.05, 0.1) is 0 Å². The van der Waals surface area contributed by atoms with E-state index in [1.807, 2.05) is 12.1 Å². The van der Waals surface area contributed by atoms with E-state index in [9.17, 15) is 4.79 Å². The second kappa shape index (κ2) is 10.1. The van der Waals surface area contributed by atoms with E-state index < -0.39 is 0 Å². The van der Waals surface area contributed by atoms with Gasteiger partial charge in [0, 0.05) is 44.9 Å². The van der Waals surface area contributed by atoms with Gasteiger partial charge in [0.2, 0.25) is 0 Å². The lowest BCUT2D eigenvalue weighted by Gasteiger charge is -2.39. The van der Waals surface area contributed by atoms with Crippen molar-refractivity contribution in [1.29, 1.82) is 0 Å². The standard InChI is InChI=1S/C23H37N5O2/c1-18(2)26-13-9-19(10-14-26)27-11-5-12-28(16-15-27)21-7-3-6-20(24-21)23(29)25-22-8-4-17-30-22/h3,6-7,18-19,22H,4-5,8-17H2,1-2H3,(H,25,29)/t22-/m1/s1. The highest BCUT2D eigenvalue weighted by Gasteiger charge is 2.27. The maximum Gasteiger partial charge on any atom is 0.271 e. The Kier molecular flexibility index (Phi) is 7.23. The number of pyridine rings is 1. The fourth-order valence-corrected chi connectivity index (χ4v) is 4.94. The maximum absolute atomic E-state index is 12.6. The molecule has 30 heavy (non-hydrogen) atoms. The summed E-state index contributed by atoms with van der Waals surface area (Å²) in [6, 6.07) is 7.12. The first-order valence-electron chi connectivity index (χ1n) is 11.7. The highest BCUT2D eigenvalue weighted by molar-refractivity contribution is 5.92. The Bertz CT molecular complexity index is 699. The average molecular weight is 416 g/mol. The second-order valence-corrected chi connectivity index (χ2v) is 9.09. The number of piperidine rings is 1. The fraction of sp³-hybridized carbons (Fsp3) is 0.739. The average Bonchev–Trinajstić information content (AvgIpc) is 3.15. The molecule has 3 fully saturated rings. The van der Waals surface area contributed by atoms with Crippen LogP contribution in [-0.4, -0.2) is 84.9 Å². The Morgan fingerprint density at radius 2 is 1.90 bits per heavy atom. The van der Waals surface area contributed by atoms with Crippen molar-refractivity contribution in [2.24, 2.45) is 0 Å². The summed E-state index contributed by atoms with van der Waals surface area (Å²) in [5.41, 5.74) is 0.477. The van der Waals surface area contributed by atoms with Crippen LogP contribution in [0.3, 0.4) is 0 Å². The summed E-state index contributed by atoms with van der Waals surface area (Å²) in [7, 11) is 0. The molecule has 3 aliphatic heterocycles. The zero-order valence-corrected chi connectivity index (χ0v) is 18.6. The second-order valence-electron chi connectivity index (χ2n) is 9.09. The van der Waals surface area contributed by atoms with Crippen molar-refractivity contribution in [2.45, 2.75) is 64.3 Å². The summed E-state index contributed by atoms with van der Waals surface area (Å²) in [6.45, 7) is 11.9. The van der Waals surface area contributed by atoms with Gasteiger partial charge in [-0.05, 0) is 71.2 Å². The van der Waals surface area contributed by atoms with Gasteiger partial charge in [-0.15, -0.1) is 0 Å². The molecule has 4 heterocycles. The quantitative estimate of drug-likeness (QED) is 0.797. The van der Waals surface area contributed by atoms with Crippen molar-refractivity contribution < 1.29 is 9.53 Å². The molecule has 0 unspecified atom stereocenters. The van der Waals surface area contributed by atoms with Crippen molar-refractivity contribution in [3.8, 4) is 0 Å². The van der Waals surface area contributed by atoms with Crippen LogP contribution in [0.1, 0.15) is 56.4 Å². The van der Waals surface area contributed by atoms with Crippen molar-refractivity contribution in [1.82, 2.24) is 20.1 Å². The van der Waals surface area contributed by atoms with Gasteiger partial charge in [0.1, 0.15) is 17.7 Å². The Hall–Kier alpha value is -1.70. The van der Waals surface area contributed by atoms with E-state index in [2.05, 4.69) is 38.8 Å². The number of amides is 1. The maximum atomic E-state index is 12.6. The van der Waals surface area contributed by atoms with E-state index in [0.29, 0.717) is 17.8 Å². The van der Waals surface area contributed by atoms with Crippen molar-refractivity contribution in [2.75, 3.05) is 50.8 Å². The molecular formula is C23H37N5O2. The zero-order chi connectivity index (χ0) is 20.9. The van der Waals surface area contributed by atoms with Gasteiger partial charge >= 0.3 is 0 Å². The topological polar surface area (TPSA) is 60.9 Å². The third-order valence-corrected chi connectivity index (χ3v) is 6.79. The molecule has 1 atom stereocenters. The fourth-order valence-electron chi connectivity index (χ4n) is 4.94. The molecule has 166 valence electrons. The van der Waals surface area contributed by atoms with Gasteiger partial charge in [-0.1, -0.05) is 6.07 Å². The van der Waals surface area contributed by atoms with Gasteiger partial charge in [-0.3, -0.25) is 9.69 Å². The molecule has 0 bridgehead atoms. The first kappa shape index (κ1) is 21.5. The van der Waals surface area contributed by atoms with Crippen LogP contribution >= 0.6 is 0 Å². The molecule has 4 rings (SSSR count). The Labute approximate surface area is 180 Å². The molecular weight excluding hydrogens is 378 g/mol. The molecule has 7 heteroatoms. The summed E-state index contributed by atoms with van der Waals surface area (Å²) in [4.78, 5) is 24.9. The molecule has 1 N–H and O–H groups in total. The Morgan fingerprint density at radius 3 is 2.63 bits per heavy atom. The third-order valence-electron chi connectivity index (χ3n) is 6.79. The number of hydrogen-bond acceptors (Lipinski definition) is 6. The van der Waals surface area contributed by atoms with E-state index in [-0.39, 0.29) is 12.1 Å². The van der Waals surface area contributed by atoms with E-state index >= 15 is 0 Å². The van der Waals surface area contributed by atoms with Crippen molar-refractivity contribution in [3.63, 3.8) is 0 Å². The number of nitrogens with one attached hydrogen (secondary N) is 1. The monoisotopic (exact) mass is 415 g/mol. The number of rotatable bonds is 5. The van der Waals surface area contributed by atoms with Gasteiger partial charge in [-0.2, -0.15) is 0 Å². The number of hydrogen-bond donors (Lipinski definition) is 1. The van der Waals surface area contributed by atoms with Gasteiger partial charge < -0.3 is 19.9 Å². The largest absolute Gasteiger partial charge is 0.359 e. The number of aromatic nitrogens is 1. The van der Waals surface area contributed by atoms with E-state index in [1.165, 1.54) is 25.9 Å². The van der Waals surface area contributed by atoms with Crippen LogP contribution in [0.4, 0.5) is 5.82 Å². The Morgan fingerprint density at radius 1 is 1.07 bits per heavy atom.